The van der Waals surface area contributed by atoms with Crippen molar-refractivity contribution in [1.82, 2.24) is 10.2 Å². The van der Waals surface area contributed by atoms with Crippen LogP contribution in [-0.2, 0) is 4.79 Å². The molecule has 0 aromatic rings. The van der Waals surface area contributed by atoms with Crippen LogP contribution in [0.3, 0.4) is 0 Å². The van der Waals surface area contributed by atoms with E-state index in [-0.39, 0.29) is 17.9 Å². The van der Waals surface area contributed by atoms with Crippen LogP contribution in [-0.4, -0.2) is 41.6 Å². The van der Waals surface area contributed by atoms with Gasteiger partial charge in [0, 0.05) is 25.6 Å². The average Bonchev–Trinajstić information content (AvgIpc) is 2.96. The summed E-state index contributed by atoms with van der Waals surface area (Å²) in [4.78, 5) is 24.6. The summed E-state index contributed by atoms with van der Waals surface area (Å²) >= 11 is 0. The number of aliphatic carboxylic acids is 1. The number of likely N-dealkylation sites (tertiary alicyclic amines) is 1. The highest BCUT2D eigenvalue weighted by Crippen LogP contribution is 2.47. The highest BCUT2D eigenvalue weighted by atomic mass is 16.4. The number of urea groups is 1. The van der Waals surface area contributed by atoms with Gasteiger partial charge in [-0.15, -0.1) is 0 Å². The van der Waals surface area contributed by atoms with Crippen molar-refractivity contribution in [2.45, 2.75) is 32.6 Å². The molecule has 2 N–H and O–H groups in total. The molecule has 3 aliphatic rings. The number of amides is 2. The van der Waals surface area contributed by atoms with Gasteiger partial charge in [0.05, 0.1) is 5.92 Å². The standard InChI is InChI=1S/C15H24N2O3/c1-9(14(18)19)13-7-17(8-13)15(20)16-6-12-5-10-2-3-11(12)4-10/h9-13H,2-8H2,1H3,(H,16,20)(H,18,19). The van der Waals surface area contributed by atoms with Crippen molar-refractivity contribution in [3.05, 3.63) is 0 Å². The number of carbonyl (C=O) groups is 2. The zero-order valence-corrected chi connectivity index (χ0v) is 12.0. The fourth-order valence-electron chi connectivity index (χ4n) is 4.15. The number of nitrogens with zero attached hydrogens (tertiary/aromatic N) is 1. The highest BCUT2D eigenvalue weighted by molar-refractivity contribution is 5.76. The Morgan fingerprint density at radius 2 is 2.05 bits per heavy atom. The molecular weight excluding hydrogens is 256 g/mol. The molecule has 0 spiro atoms. The second kappa shape index (κ2) is 5.26. The molecule has 0 radical (unpaired) electrons. The van der Waals surface area contributed by atoms with E-state index in [9.17, 15) is 9.59 Å². The number of carboxylic acid groups (broad SMARTS) is 1. The number of hydrogen-bond donors (Lipinski definition) is 2. The zero-order chi connectivity index (χ0) is 14.3. The van der Waals surface area contributed by atoms with E-state index in [4.69, 9.17) is 5.11 Å². The van der Waals surface area contributed by atoms with Crippen molar-refractivity contribution in [2.75, 3.05) is 19.6 Å². The minimum absolute atomic E-state index is 0.0124. The zero-order valence-electron chi connectivity index (χ0n) is 12.0. The van der Waals surface area contributed by atoms with Gasteiger partial charge in [-0.3, -0.25) is 4.79 Å². The molecule has 5 nitrogen and oxygen atoms in total. The third-order valence-corrected chi connectivity index (χ3v) is 5.69. The first-order valence-corrected chi connectivity index (χ1v) is 7.80. The van der Waals surface area contributed by atoms with Gasteiger partial charge in [0.25, 0.3) is 0 Å². The van der Waals surface area contributed by atoms with Crippen LogP contribution in [0.2, 0.25) is 0 Å². The van der Waals surface area contributed by atoms with Crippen molar-refractivity contribution in [1.29, 1.82) is 0 Å². The maximum Gasteiger partial charge on any atom is 0.317 e. The van der Waals surface area contributed by atoms with Gasteiger partial charge in [-0.25, -0.2) is 4.79 Å². The first-order chi connectivity index (χ1) is 9.54. The van der Waals surface area contributed by atoms with Crippen LogP contribution in [0, 0.1) is 29.6 Å². The Labute approximate surface area is 119 Å². The highest BCUT2D eigenvalue weighted by Gasteiger charge is 2.40. The Bertz CT molecular complexity index is 406. The van der Waals surface area contributed by atoms with E-state index in [1.165, 1.54) is 25.7 Å². The summed E-state index contributed by atoms with van der Waals surface area (Å²) in [7, 11) is 0. The number of carbonyl (C=O) groups excluding carboxylic acids is 1. The van der Waals surface area contributed by atoms with Crippen LogP contribution >= 0.6 is 0 Å². The van der Waals surface area contributed by atoms with Crippen LogP contribution < -0.4 is 5.32 Å². The molecule has 0 aromatic heterocycles. The molecule has 3 fully saturated rings. The van der Waals surface area contributed by atoms with Gasteiger partial charge >= 0.3 is 12.0 Å². The molecule has 2 saturated carbocycles. The molecule has 1 saturated heterocycles. The van der Waals surface area contributed by atoms with Crippen molar-refractivity contribution < 1.29 is 14.7 Å². The molecule has 1 heterocycles. The summed E-state index contributed by atoms with van der Waals surface area (Å²) in [6.07, 6.45) is 5.37. The minimum Gasteiger partial charge on any atom is -0.481 e. The quantitative estimate of drug-likeness (QED) is 0.824. The molecule has 0 aromatic carbocycles. The minimum atomic E-state index is -0.767. The van der Waals surface area contributed by atoms with Crippen molar-refractivity contribution in [2.24, 2.45) is 29.6 Å². The van der Waals surface area contributed by atoms with Crippen LogP contribution in [0.25, 0.3) is 0 Å². The van der Waals surface area contributed by atoms with Gasteiger partial charge in [-0.2, -0.15) is 0 Å². The first kappa shape index (κ1) is 13.7. The predicted octanol–water partition coefficient (Wildman–Crippen LogP) is 1.78. The molecule has 20 heavy (non-hydrogen) atoms. The molecule has 4 unspecified atom stereocenters. The second-order valence-electron chi connectivity index (χ2n) is 6.91. The maximum atomic E-state index is 12.0. The largest absolute Gasteiger partial charge is 0.481 e. The Morgan fingerprint density at radius 1 is 1.30 bits per heavy atom. The monoisotopic (exact) mass is 280 g/mol. The number of nitrogens with one attached hydrogen (secondary N) is 1. The summed E-state index contributed by atoms with van der Waals surface area (Å²) in [6.45, 7) is 3.68. The molecule has 5 heteroatoms. The molecule has 2 amide bonds. The van der Waals surface area contributed by atoms with Crippen LogP contribution in [0.5, 0.6) is 0 Å². The number of fused-ring (bicyclic) bond motifs is 2. The average molecular weight is 280 g/mol. The van der Waals surface area contributed by atoms with Crippen LogP contribution in [0.15, 0.2) is 0 Å². The first-order valence-electron chi connectivity index (χ1n) is 7.80. The van der Waals surface area contributed by atoms with Gasteiger partial charge in [-0.05, 0) is 37.0 Å². The summed E-state index contributed by atoms with van der Waals surface area (Å²) < 4.78 is 0. The lowest BCUT2D eigenvalue weighted by molar-refractivity contribution is -0.144. The van der Waals surface area contributed by atoms with Gasteiger partial charge in [-0.1, -0.05) is 13.3 Å². The van der Waals surface area contributed by atoms with E-state index in [2.05, 4.69) is 5.32 Å². The van der Waals surface area contributed by atoms with E-state index < -0.39 is 5.97 Å². The number of carboxylic acids is 1. The smallest absolute Gasteiger partial charge is 0.317 e. The molecule has 2 aliphatic carbocycles. The van der Waals surface area contributed by atoms with E-state index in [1.807, 2.05) is 0 Å². The Hall–Kier alpha value is -1.26. The summed E-state index contributed by atoms with van der Waals surface area (Å²) in [5, 5.41) is 12.0. The van der Waals surface area contributed by atoms with Crippen LogP contribution in [0.1, 0.15) is 32.6 Å². The second-order valence-corrected chi connectivity index (χ2v) is 6.91. The molecule has 112 valence electrons. The Morgan fingerprint density at radius 3 is 2.60 bits per heavy atom. The van der Waals surface area contributed by atoms with E-state index in [0.717, 1.165) is 18.4 Å². The summed E-state index contributed by atoms with van der Waals surface area (Å²) in [5.74, 6) is 1.40. The normalized spacial score (nSPS) is 33.9. The van der Waals surface area contributed by atoms with Gasteiger partial charge < -0.3 is 15.3 Å². The topological polar surface area (TPSA) is 69.6 Å². The maximum absolute atomic E-state index is 12.0. The molecule has 2 bridgehead atoms. The number of rotatable bonds is 4. The third kappa shape index (κ3) is 2.50. The van der Waals surface area contributed by atoms with Gasteiger partial charge in [0.2, 0.25) is 0 Å². The lowest BCUT2D eigenvalue weighted by atomic mass is 9.87. The fourth-order valence-corrected chi connectivity index (χ4v) is 4.15. The van der Waals surface area contributed by atoms with Gasteiger partial charge in [0.15, 0.2) is 0 Å². The van der Waals surface area contributed by atoms with E-state index in [0.29, 0.717) is 19.0 Å². The molecule has 1 aliphatic heterocycles. The van der Waals surface area contributed by atoms with Crippen molar-refractivity contribution in [3.63, 3.8) is 0 Å². The SMILES string of the molecule is CC(C(=O)O)C1CN(C(=O)NCC2CC3CCC2C3)C1. The Kier molecular flexibility index (Phi) is 3.61. The van der Waals surface area contributed by atoms with E-state index in [1.54, 1.807) is 11.8 Å². The summed E-state index contributed by atoms with van der Waals surface area (Å²) in [5.41, 5.74) is 0. The lowest BCUT2D eigenvalue weighted by Gasteiger charge is -2.41. The van der Waals surface area contributed by atoms with Crippen molar-refractivity contribution in [3.8, 4) is 0 Å². The fraction of sp³-hybridized carbons (Fsp3) is 0.867. The predicted molar refractivity (Wildman–Crippen MR) is 74.2 cm³/mol. The summed E-state index contributed by atoms with van der Waals surface area (Å²) in [6, 6.07) is -0.0124. The third-order valence-electron chi connectivity index (χ3n) is 5.69. The van der Waals surface area contributed by atoms with E-state index >= 15 is 0 Å². The number of hydrogen-bond acceptors (Lipinski definition) is 2. The lowest BCUT2D eigenvalue weighted by Crippen LogP contribution is -2.57. The van der Waals surface area contributed by atoms with Crippen LogP contribution in [0.4, 0.5) is 4.79 Å². The molecular formula is C15H24N2O3. The van der Waals surface area contributed by atoms with Gasteiger partial charge in [0.1, 0.15) is 0 Å². The molecule has 4 atom stereocenters. The molecule has 3 rings (SSSR count). The van der Waals surface area contributed by atoms with Crippen molar-refractivity contribution >= 4 is 12.0 Å². The Balaban J connectivity index is 1.38.